The lowest BCUT2D eigenvalue weighted by Gasteiger charge is -2.16. The number of nitrogens with one attached hydrogen (secondary N) is 1. The van der Waals surface area contributed by atoms with Crippen LogP contribution in [-0.4, -0.2) is 30.3 Å². The summed E-state index contributed by atoms with van der Waals surface area (Å²) in [5, 5.41) is 2.17. The van der Waals surface area contributed by atoms with Crippen LogP contribution in [0.4, 0.5) is 13.2 Å². The van der Waals surface area contributed by atoms with Gasteiger partial charge < -0.3 is 10.1 Å². The van der Waals surface area contributed by atoms with Gasteiger partial charge in [-0.05, 0) is 13.8 Å². The van der Waals surface area contributed by atoms with Gasteiger partial charge in [-0.1, -0.05) is 0 Å². The smallest absolute Gasteiger partial charge is 0.351 e. The van der Waals surface area contributed by atoms with Crippen molar-refractivity contribution < 1.29 is 22.7 Å². The van der Waals surface area contributed by atoms with E-state index in [1.807, 2.05) is 0 Å². The molecule has 1 saturated heterocycles. The highest BCUT2D eigenvalue weighted by Crippen LogP contribution is 2.43. The minimum absolute atomic E-state index is 0.323. The number of alkyl halides is 3. The molecule has 76 valence electrons. The number of hydrogen-bond acceptors (Lipinski definition) is 2. The summed E-state index contributed by atoms with van der Waals surface area (Å²) >= 11 is 0. The van der Waals surface area contributed by atoms with Gasteiger partial charge in [0.2, 0.25) is 0 Å². The van der Waals surface area contributed by atoms with E-state index >= 15 is 0 Å². The zero-order chi connectivity index (χ0) is 10.3. The van der Waals surface area contributed by atoms with E-state index in [2.05, 4.69) is 10.1 Å². The number of carbonyl (C=O) groups excluding carboxylic acids is 1. The summed E-state index contributed by atoms with van der Waals surface area (Å²) in [4.78, 5) is 11.0. The second-order valence-corrected chi connectivity index (χ2v) is 3.24. The predicted octanol–water partition coefficient (Wildman–Crippen LogP) is 0.842. The summed E-state index contributed by atoms with van der Waals surface area (Å²) in [5.74, 6) is -1.10. The Labute approximate surface area is 73.2 Å². The number of hydrogen-bond donors (Lipinski definition) is 1. The number of carbonyl (C=O) groups is 1. The molecule has 1 fully saturated rings. The van der Waals surface area contributed by atoms with E-state index in [1.165, 1.54) is 0 Å². The zero-order valence-corrected chi connectivity index (χ0v) is 7.23. The number of halogens is 3. The molecule has 0 aliphatic carbocycles. The first-order chi connectivity index (χ1) is 5.79. The van der Waals surface area contributed by atoms with Crippen molar-refractivity contribution in [1.82, 2.24) is 5.32 Å². The quantitative estimate of drug-likeness (QED) is 0.666. The molecular formula is C7H10F3NO2. The lowest BCUT2D eigenvalue weighted by atomic mass is 10.1. The first-order valence-corrected chi connectivity index (χ1v) is 3.81. The fourth-order valence-electron chi connectivity index (χ4n) is 0.874. The van der Waals surface area contributed by atoms with Gasteiger partial charge >= 0.3 is 6.18 Å². The van der Waals surface area contributed by atoms with Crippen LogP contribution in [0.2, 0.25) is 0 Å². The molecule has 1 N–H and O–H groups in total. The normalized spacial score (nSPS) is 27.5. The van der Waals surface area contributed by atoms with Crippen molar-refractivity contribution >= 4 is 5.91 Å². The molecule has 3 nitrogen and oxygen atoms in total. The van der Waals surface area contributed by atoms with Gasteiger partial charge in [0, 0.05) is 6.04 Å². The van der Waals surface area contributed by atoms with E-state index < -0.39 is 24.3 Å². The van der Waals surface area contributed by atoms with Crippen molar-refractivity contribution in [3.05, 3.63) is 0 Å². The van der Waals surface area contributed by atoms with Crippen molar-refractivity contribution in [2.24, 2.45) is 0 Å². The highest BCUT2D eigenvalue weighted by Gasteiger charge is 2.71. The average molecular weight is 197 g/mol. The number of rotatable bonds is 2. The van der Waals surface area contributed by atoms with Gasteiger partial charge in [-0.2, -0.15) is 13.2 Å². The van der Waals surface area contributed by atoms with E-state index in [9.17, 15) is 18.0 Å². The van der Waals surface area contributed by atoms with E-state index in [0.717, 1.165) is 0 Å². The summed E-state index contributed by atoms with van der Waals surface area (Å²) in [5.41, 5.74) is -2.57. The maximum atomic E-state index is 12.2. The molecule has 6 heteroatoms. The van der Waals surface area contributed by atoms with Crippen molar-refractivity contribution in [2.45, 2.75) is 31.7 Å². The topological polar surface area (TPSA) is 41.6 Å². The molecule has 0 bridgehead atoms. The predicted molar refractivity (Wildman–Crippen MR) is 38.0 cm³/mol. The fourth-order valence-corrected chi connectivity index (χ4v) is 0.874. The van der Waals surface area contributed by atoms with Gasteiger partial charge in [-0.15, -0.1) is 0 Å². The Morgan fingerprint density at radius 1 is 1.54 bits per heavy atom. The lowest BCUT2D eigenvalue weighted by molar-refractivity contribution is -0.189. The van der Waals surface area contributed by atoms with Crippen LogP contribution >= 0.6 is 0 Å². The van der Waals surface area contributed by atoms with Gasteiger partial charge in [-0.25, -0.2) is 0 Å². The first-order valence-electron chi connectivity index (χ1n) is 3.81. The van der Waals surface area contributed by atoms with Gasteiger partial charge in [0.05, 0.1) is 6.61 Å². The zero-order valence-electron chi connectivity index (χ0n) is 7.23. The maximum absolute atomic E-state index is 12.2. The molecule has 0 spiro atoms. The van der Waals surface area contributed by atoms with E-state index in [1.54, 1.807) is 13.8 Å². The molecule has 0 unspecified atom stereocenters. The van der Waals surface area contributed by atoms with Crippen LogP contribution in [0.5, 0.6) is 0 Å². The number of ether oxygens (including phenoxy) is 1. The van der Waals surface area contributed by atoms with Crippen molar-refractivity contribution in [2.75, 3.05) is 6.61 Å². The first kappa shape index (κ1) is 10.3. The van der Waals surface area contributed by atoms with Gasteiger partial charge in [0.15, 0.2) is 0 Å². The molecule has 1 aliphatic heterocycles. The van der Waals surface area contributed by atoms with Gasteiger partial charge in [0.1, 0.15) is 0 Å². The summed E-state index contributed by atoms with van der Waals surface area (Å²) in [6.07, 6.45) is -4.62. The molecule has 0 aromatic carbocycles. The fraction of sp³-hybridized carbons (Fsp3) is 0.857. The molecule has 1 atom stereocenters. The Hall–Kier alpha value is -0.780. The Bertz CT molecular complexity index is 220. The van der Waals surface area contributed by atoms with Gasteiger partial charge in [0.25, 0.3) is 11.5 Å². The van der Waals surface area contributed by atoms with Crippen LogP contribution in [0, 0.1) is 0 Å². The molecule has 1 aliphatic rings. The summed E-state index contributed by atoms with van der Waals surface area (Å²) in [7, 11) is 0. The number of epoxide rings is 1. The summed E-state index contributed by atoms with van der Waals surface area (Å²) < 4.78 is 40.8. The third-order valence-corrected chi connectivity index (χ3v) is 1.68. The second-order valence-electron chi connectivity index (χ2n) is 3.24. The molecule has 0 radical (unpaired) electrons. The summed E-state index contributed by atoms with van der Waals surface area (Å²) in [6, 6.07) is -0.323. The third kappa shape index (κ3) is 1.77. The molecule has 1 amide bonds. The van der Waals surface area contributed by atoms with Crippen molar-refractivity contribution in [1.29, 1.82) is 0 Å². The molecule has 1 rings (SSSR count). The van der Waals surface area contributed by atoms with Crippen LogP contribution in [0.15, 0.2) is 0 Å². The van der Waals surface area contributed by atoms with Crippen LogP contribution in [0.1, 0.15) is 13.8 Å². The largest absolute Gasteiger partial charge is 0.428 e. The number of amides is 1. The minimum atomic E-state index is -4.62. The molecular weight excluding hydrogens is 187 g/mol. The Balaban J connectivity index is 2.66. The second kappa shape index (κ2) is 2.87. The average Bonchev–Trinajstić information content (AvgIpc) is 2.60. The Morgan fingerprint density at radius 2 is 2.00 bits per heavy atom. The molecule has 0 saturated carbocycles. The van der Waals surface area contributed by atoms with Crippen LogP contribution in [0.3, 0.4) is 0 Å². The lowest BCUT2D eigenvalue weighted by Crippen LogP contribution is -2.49. The maximum Gasteiger partial charge on any atom is 0.428 e. The highest BCUT2D eigenvalue weighted by atomic mass is 19.4. The molecule has 13 heavy (non-hydrogen) atoms. The van der Waals surface area contributed by atoms with Crippen LogP contribution < -0.4 is 5.32 Å². The summed E-state index contributed by atoms with van der Waals surface area (Å²) in [6.45, 7) is 2.60. The minimum Gasteiger partial charge on any atom is -0.351 e. The SMILES string of the molecule is CC(C)NC(=O)[C@@]1(C(F)(F)F)CO1. The van der Waals surface area contributed by atoms with E-state index in [0.29, 0.717) is 0 Å². The highest BCUT2D eigenvalue weighted by molar-refractivity contribution is 5.88. The van der Waals surface area contributed by atoms with Crippen LogP contribution in [0.25, 0.3) is 0 Å². The monoisotopic (exact) mass is 197 g/mol. The van der Waals surface area contributed by atoms with Crippen LogP contribution in [-0.2, 0) is 9.53 Å². The molecule has 0 aromatic rings. The van der Waals surface area contributed by atoms with Crippen molar-refractivity contribution in [3.8, 4) is 0 Å². The standard InChI is InChI=1S/C7H10F3NO2/c1-4(2)11-5(12)6(3-13-6)7(8,9)10/h4H,3H2,1-2H3,(H,11,12)/t6-/m1/s1. The Morgan fingerprint density at radius 3 is 2.23 bits per heavy atom. The van der Waals surface area contributed by atoms with Gasteiger partial charge in [-0.3, -0.25) is 4.79 Å². The van der Waals surface area contributed by atoms with E-state index in [4.69, 9.17) is 0 Å². The Kier molecular flexibility index (Phi) is 2.27. The van der Waals surface area contributed by atoms with Crippen molar-refractivity contribution in [3.63, 3.8) is 0 Å². The van der Waals surface area contributed by atoms with E-state index in [-0.39, 0.29) is 6.04 Å². The molecule has 1 heterocycles. The molecule has 0 aromatic heterocycles. The third-order valence-electron chi connectivity index (χ3n) is 1.68.